The number of hydrogen-bond acceptors (Lipinski definition) is 2. The van der Waals surface area contributed by atoms with Gasteiger partial charge in [0.1, 0.15) is 6.04 Å². The van der Waals surface area contributed by atoms with Crippen molar-refractivity contribution < 1.29 is 14.7 Å². The minimum Gasteiger partial charge on any atom is -0.480 e. The van der Waals surface area contributed by atoms with Gasteiger partial charge in [-0.3, -0.25) is 4.79 Å². The van der Waals surface area contributed by atoms with E-state index < -0.39 is 12.0 Å². The molecule has 1 aromatic carbocycles. The number of aryl methyl sites for hydroxylation is 1. The van der Waals surface area contributed by atoms with Gasteiger partial charge in [0.05, 0.1) is 0 Å². The van der Waals surface area contributed by atoms with Crippen LogP contribution in [-0.2, 0) is 10.2 Å². The molecule has 146 valence electrons. The quantitative estimate of drug-likeness (QED) is 0.813. The van der Waals surface area contributed by atoms with Gasteiger partial charge in [-0.25, -0.2) is 4.79 Å². The normalized spacial score (nSPS) is 32.5. The first-order chi connectivity index (χ1) is 12.8. The van der Waals surface area contributed by atoms with Crippen LogP contribution in [0.2, 0.25) is 0 Å². The molecule has 4 fully saturated rings. The highest BCUT2D eigenvalue weighted by atomic mass is 16.4. The molecule has 0 unspecified atom stereocenters. The molecule has 0 aromatic heterocycles. The third-order valence-electron chi connectivity index (χ3n) is 7.34. The molecule has 0 heterocycles. The van der Waals surface area contributed by atoms with Crippen LogP contribution < -0.4 is 5.32 Å². The molecule has 4 aliphatic carbocycles. The lowest BCUT2D eigenvalue weighted by atomic mass is 9.48. The van der Waals surface area contributed by atoms with Crippen molar-refractivity contribution in [1.29, 1.82) is 0 Å². The van der Waals surface area contributed by atoms with Gasteiger partial charge < -0.3 is 10.4 Å². The molecule has 0 radical (unpaired) electrons. The third kappa shape index (κ3) is 3.28. The Hall–Kier alpha value is -1.84. The van der Waals surface area contributed by atoms with Crippen LogP contribution in [0.4, 0.5) is 0 Å². The molecule has 4 bridgehead atoms. The molecule has 5 rings (SSSR count). The van der Waals surface area contributed by atoms with Crippen LogP contribution in [0.3, 0.4) is 0 Å². The average molecular weight is 370 g/mol. The van der Waals surface area contributed by atoms with Gasteiger partial charge in [-0.1, -0.05) is 26.0 Å². The zero-order valence-electron chi connectivity index (χ0n) is 16.6. The minimum atomic E-state index is -0.985. The lowest BCUT2D eigenvalue weighted by molar-refractivity contribution is -0.140. The van der Waals surface area contributed by atoms with E-state index in [0.29, 0.717) is 11.0 Å². The van der Waals surface area contributed by atoms with Crippen molar-refractivity contribution in [2.45, 2.75) is 70.8 Å². The Morgan fingerprint density at radius 1 is 1.07 bits per heavy atom. The zero-order valence-corrected chi connectivity index (χ0v) is 16.6. The molecule has 1 aromatic rings. The molecule has 0 aliphatic heterocycles. The van der Waals surface area contributed by atoms with Crippen molar-refractivity contribution >= 4 is 11.9 Å². The third-order valence-corrected chi connectivity index (χ3v) is 7.34. The van der Waals surface area contributed by atoms with Gasteiger partial charge >= 0.3 is 5.97 Å². The number of carboxylic acid groups (broad SMARTS) is 1. The number of rotatable bonds is 5. The van der Waals surface area contributed by atoms with Crippen LogP contribution in [0.5, 0.6) is 0 Å². The van der Waals surface area contributed by atoms with Crippen LogP contribution >= 0.6 is 0 Å². The van der Waals surface area contributed by atoms with Crippen LogP contribution in [-0.4, -0.2) is 23.0 Å². The first-order valence-corrected chi connectivity index (χ1v) is 10.4. The number of hydrogen-bond donors (Lipinski definition) is 2. The molecule has 4 aliphatic rings. The van der Waals surface area contributed by atoms with E-state index in [2.05, 4.69) is 17.4 Å². The van der Waals surface area contributed by atoms with E-state index >= 15 is 0 Å². The maximum atomic E-state index is 12.7. The number of nitrogens with one attached hydrogen (secondary N) is 1. The first-order valence-electron chi connectivity index (χ1n) is 10.4. The highest BCUT2D eigenvalue weighted by molar-refractivity contribution is 5.97. The molecule has 4 heteroatoms. The summed E-state index contributed by atoms with van der Waals surface area (Å²) < 4.78 is 0. The van der Waals surface area contributed by atoms with Gasteiger partial charge in [0.2, 0.25) is 0 Å². The van der Waals surface area contributed by atoms with Crippen molar-refractivity contribution in [3.8, 4) is 0 Å². The number of aliphatic carboxylic acids is 1. The van der Waals surface area contributed by atoms with E-state index in [0.717, 1.165) is 23.3 Å². The van der Waals surface area contributed by atoms with Crippen LogP contribution in [0.15, 0.2) is 18.2 Å². The molecule has 4 saturated carbocycles. The van der Waals surface area contributed by atoms with Crippen molar-refractivity contribution in [2.75, 3.05) is 0 Å². The van der Waals surface area contributed by atoms with Crippen molar-refractivity contribution in [2.24, 2.45) is 23.7 Å². The van der Waals surface area contributed by atoms with Gasteiger partial charge in [-0.05, 0) is 91.7 Å². The predicted octanol–water partition coefficient (Wildman–Crippen LogP) is 4.30. The Bertz CT molecular complexity index is 732. The Kier molecular flexibility index (Phi) is 4.56. The minimum absolute atomic E-state index is 0.155. The average Bonchev–Trinajstić information content (AvgIpc) is 2.57. The van der Waals surface area contributed by atoms with Crippen LogP contribution in [0.1, 0.15) is 73.9 Å². The molecule has 0 spiro atoms. The van der Waals surface area contributed by atoms with Crippen LogP contribution in [0.25, 0.3) is 0 Å². The number of amides is 1. The second-order valence-electron chi connectivity index (χ2n) is 9.76. The summed E-state index contributed by atoms with van der Waals surface area (Å²) in [4.78, 5) is 24.1. The summed E-state index contributed by atoms with van der Waals surface area (Å²) >= 11 is 0. The Labute approximate surface area is 161 Å². The second-order valence-corrected chi connectivity index (χ2v) is 9.76. The lowest BCUT2D eigenvalue weighted by Crippen LogP contribution is -2.48. The summed E-state index contributed by atoms with van der Waals surface area (Å²) in [6.45, 7) is 5.59. The standard InChI is InChI=1S/C23H31NO3/c1-13(2)20(22(26)27)24-21(25)19-5-4-18(6-14(19)3)23-10-15-7-16(11-23)9-17(8-15)12-23/h4-6,13,15-17,20H,7-12H2,1-3H3,(H,24,25)(H,26,27)/t15?,16?,17?,20-,23?/m0/s1. The van der Waals surface area contributed by atoms with Gasteiger partial charge in [0.15, 0.2) is 0 Å². The summed E-state index contributed by atoms with van der Waals surface area (Å²) in [6.07, 6.45) is 8.18. The molecule has 1 atom stereocenters. The highest BCUT2D eigenvalue weighted by Gasteiger charge is 2.51. The maximum absolute atomic E-state index is 12.7. The van der Waals surface area contributed by atoms with E-state index in [4.69, 9.17) is 0 Å². The molecule has 27 heavy (non-hydrogen) atoms. The van der Waals surface area contributed by atoms with E-state index in [1.165, 1.54) is 44.1 Å². The Balaban J connectivity index is 1.56. The largest absolute Gasteiger partial charge is 0.480 e. The SMILES string of the molecule is Cc1cc(C23CC4CC(CC(C4)C2)C3)ccc1C(=O)N[C@H](C(=O)O)C(C)C. The molecule has 0 saturated heterocycles. The molecule has 1 amide bonds. The zero-order chi connectivity index (χ0) is 19.3. The summed E-state index contributed by atoms with van der Waals surface area (Å²) in [5.41, 5.74) is 3.26. The fourth-order valence-electron chi connectivity index (χ4n) is 6.45. The monoisotopic (exact) mass is 369 g/mol. The Morgan fingerprint density at radius 2 is 1.63 bits per heavy atom. The topological polar surface area (TPSA) is 66.4 Å². The van der Waals surface area contributed by atoms with Gasteiger partial charge in [-0.2, -0.15) is 0 Å². The van der Waals surface area contributed by atoms with E-state index in [1.54, 1.807) is 0 Å². The first kappa shape index (κ1) is 18.5. The highest BCUT2D eigenvalue weighted by Crippen LogP contribution is 2.60. The fraction of sp³-hybridized carbons (Fsp3) is 0.652. The van der Waals surface area contributed by atoms with Gasteiger partial charge in [0, 0.05) is 5.56 Å². The van der Waals surface area contributed by atoms with Gasteiger partial charge in [-0.15, -0.1) is 0 Å². The maximum Gasteiger partial charge on any atom is 0.326 e. The smallest absolute Gasteiger partial charge is 0.326 e. The predicted molar refractivity (Wildman–Crippen MR) is 105 cm³/mol. The summed E-state index contributed by atoms with van der Waals surface area (Å²) in [5.74, 6) is 1.25. The number of carbonyl (C=O) groups excluding carboxylic acids is 1. The number of carbonyl (C=O) groups is 2. The van der Waals surface area contributed by atoms with Crippen molar-refractivity contribution in [3.63, 3.8) is 0 Å². The van der Waals surface area contributed by atoms with Crippen LogP contribution in [0, 0.1) is 30.6 Å². The summed E-state index contributed by atoms with van der Waals surface area (Å²) in [5, 5.41) is 12.0. The molecule has 4 nitrogen and oxygen atoms in total. The van der Waals surface area contributed by atoms with Crippen molar-refractivity contribution in [3.05, 3.63) is 34.9 Å². The van der Waals surface area contributed by atoms with E-state index in [1.807, 2.05) is 26.8 Å². The second kappa shape index (κ2) is 6.65. The number of benzene rings is 1. The molecular formula is C23H31NO3. The Morgan fingerprint density at radius 3 is 2.07 bits per heavy atom. The molecule has 2 N–H and O–H groups in total. The van der Waals surface area contributed by atoms with Gasteiger partial charge in [0.25, 0.3) is 5.91 Å². The fourth-order valence-corrected chi connectivity index (χ4v) is 6.45. The van der Waals surface area contributed by atoms with E-state index in [-0.39, 0.29) is 11.8 Å². The summed E-state index contributed by atoms with van der Waals surface area (Å²) in [7, 11) is 0. The lowest BCUT2D eigenvalue weighted by Gasteiger charge is -2.57. The van der Waals surface area contributed by atoms with E-state index in [9.17, 15) is 14.7 Å². The molecular weight excluding hydrogens is 338 g/mol. The summed E-state index contributed by atoms with van der Waals surface area (Å²) in [6, 6.07) is 5.39. The number of carboxylic acids is 1. The van der Waals surface area contributed by atoms with Crippen molar-refractivity contribution in [1.82, 2.24) is 5.32 Å².